The molecule has 13 heavy (non-hydrogen) atoms. The van der Waals surface area contributed by atoms with Crippen molar-refractivity contribution >= 4 is 17.1 Å². The summed E-state index contributed by atoms with van der Waals surface area (Å²) in [6.45, 7) is 0. The number of methoxy groups -OCH3 is 1. The summed E-state index contributed by atoms with van der Waals surface area (Å²) in [7, 11) is -0.111. The Hall–Kier alpha value is -1.45. The topological polar surface area (TPSA) is 55.7 Å². The lowest BCUT2D eigenvalue weighted by atomic mass is 10.3. The van der Waals surface area contributed by atoms with Gasteiger partial charge in [0.25, 0.3) is 0 Å². The number of hydrogen-bond acceptors (Lipinski definition) is 3. The monoisotopic (exact) mass is 197 g/mol. The number of nitrogens with zero attached hydrogens (tertiary/aromatic N) is 1. The highest BCUT2D eigenvalue weighted by molar-refractivity contribution is 7.83. The SMILES string of the molecule is COc1ccc(S(=O)N=C=O)cc1. The Bertz CT molecular complexity index is 354. The third kappa shape index (κ3) is 2.50. The number of carbonyl (C=O) groups excluding carboxylic acids is 1. The molecule has 0 saturated heterocycles. The Labute approximate surface area is 77.8 Å². The fourth-order valence-corrected chi connectivity index (χ4v) is 1.32. The van der Waals surface area contributed by atoms with Gasteiger partial charge >= 0.3 is 0 Å². The van der Waals surface area contributed by atoms with Crippen LogP contribution < -0.4 is 4.74 Å². The van der Waals surface area contributed by atoms with Gasteiger partial charge in [-0.1, -0.05) is 4.40 Å². The first kappa shape index (κ1) is 9.64. The number of ether oxygens (including phenoxy) is 1. The quantitative estimate of drug-likeness (QED) is 0.537. The van der Waals surface area contributed by atoms with Crippen molar-refractivity contribution in [2.45, 2.75) is 4.90 Å². The standard InChI is InChI=1S/C8H7NO3S/c1-12-7-2-4-8(5-3-7)13(11)9-6-10/h2-5H,1H3. The summed E-state index contributed by atoms with van der Waals surface area (Å²) in [6.07, 6.45) is 1.24. The second kappa shape index (κ2) is 4.54. The van der Waals surface area contributed by atoms with Crippen LogP contribution in [0.5, 0.6) is 5.75 Å². The number of hydrogen-bond donors (Lipinski definition) is 0. The van der Waals surface area contributed by atoms with Crippen molar-refractivity contribution in [1.29, 1.82) is 0 Å². The number of rotatable bonds is 3. The molecule has 0 bridgehead atoms. The van der Waals surface area contributed by atoms with Gasteiger partial charge in [-0.15, -0.1) is 0 Å². The summed E-state index contributed by atoms with van der Waals surface area (Å²) in [5.41, 5.74) is 0. The Balaban J connectivity index is 2.92. The molecule has 0 aliphatic rings. The molecule has 1 aromatic carbocycles. The molecule has 0 heterocycles. The minimum Gasteiger partial charge on any atom is -0.497 e. The predicted octanol–water partition coefficient (Wildman–Crippen LogP) is 1.05. The maximum Gasteiger partial charge on any atom is 0.250 e. The Morgan fingerprint density at radius 3 is 2.46 bits per heavy atom. The summed E-state index contributed by atoms with van der Waals surface area (Å²) in [5, 5.41) is 0. The second-order valence-corrected chi connectivity index (χ2v) is 3.26. The van der Waals surface area contributed by atoms with Crippen LogP contribution in [0, 0.1) is 0 Å². The van der Waals surface area contributed by atoms with Crippen LogP contribution in [0.25, 0.3) is 0 Å². The summed E-state index contributed by atoms with van der Waals surface area (Å²) in [4.78, 5) is 10.3. The molecule has 0 fully saturated rings. The molecule has 68 valence electrons. The minimum atomic E-state index is -1.65. The van der Waals surface area contributed by atoms with Crippen LogP contribution in [0.1, 0.15) is 0 Å². The van der Waals surface area contributed by atoms with Crippen LogP contribution in [-0.2, 0) is 15.8 Å². The average Bonchev–Trinajstić information content (AvgIpc) is 2.18. The average molecular weight is 197 g/mol. The van der Waals surface area contributed by atoms with Crippen molar-refractivity contribution in [2.24, 2.45) is 4.40 Å². The van der Waals surface area contributed by atoms with Crippen molar-refractivity contribution in [3.63, 3.8) is 0 Å². The molecule has 1 unspecified atom stereocenters. The number of isocyanates is 1. The van der Waals surface area contributed by atoms with Crippen LogP contribution in [0.2, 0.25) is 0 Å². The third-order valence-electron chi connectivity index (χ3n) is 1.38. The van der Waals surface area contributed by atoms with Gasteiger partial charge in [0, 0.05) is 0 Å². The molecular weight excluding hydrogens is 190 g/mol. The van der Waals surface area contributed by atoms with Gasteiger partial charge in [0.1, 0.15) is 5.75 Å². The first-order valence-corrected chi connectivity index (χ1v) is 4.52. The molecule has 4 nitrogen and oxygen atoms in total. The Morgan fingerprint density at radius 2 is 2.00 bits per heavy atom. The van der Waals surface area contributed by atoms with Gasteiger partial charge in [0.15, 0.2) is 11.0 Å². The van der Waals surface area contributed by atoms with E-state index in [-0.39, 0.29) is 0 Å². The molecular formula is C8H7NO3S. The van der Waals surface area contributed by atoms with Gasteiger partial charge in [0.05, 0.1) is 12.0 Å². The van der Waals surface area contributed by atoms with E-state index >= 15 is 0 Å². The van der Waals surface area contributed by atoms with Crippen LogP contribution in [0.3, 0.4) is 0 Å². The lowest BCUT2D eigenvalue weighted by Crippen LogP contribution is -1.87. The molecule has 0 spiro atoms. The molecule has 0 aromatic heterocycles. The van der Waals surface area contributed by atoms with Gasteiger partial charge in [-0.2, -0.15) is 0 Å². The van der Waals surface area contributed by atoms with E-state index in [9.17, 15) is 9.00 Å². The predicted molar refractivity (Wildman–Crippen MR) is 47.5 cm³/mol. The van der Waals surface area contributed by atoms with Crippen molar-refractivity contribution in [1.82, 2.24) is 0 Å². The first-order chi connectivity index (χ1) is 6.27. The Kier molecular flexibility index (Phi) is 3.37. The highest BCUT2D eigenvalue weighted by atomic mass is 32.2. The molecule has 0 aliphatic carbocycles. The maximum atomic E-state index is 11.1. The highest BCUT2D eigenvalue weighted by Crippen LogP contribution is 2.14. The van der Waals surface area contributed by atoms with E-state index in [1.54, 1.807) is 24.3 Å². The van der Waals surface area contributed by atoms with Crippen molar-refractivity contribution in [3.8, 4) is 5.75 Å². The fraction of sp³-hybridized carbons (Fsp3) is 0.125. The molecule has 0 aliphatic heterocycles. The molecule has 0 N–H and O–H groups in total. The zero-order valence-corrected chi connectivity index (χ0v) is 7.71. The first-order valence-electron chi connectivity index (χ1n) is 3.41. The molecule has 0 amide bonds. The lowest BCUT2D eigenvalue weighted by Gasteiger charge is -1.98. The minimum absolute atomic E-state index is 0.448. The van der Waals surface area contributed by atoms with E-state index in [0.717, 1.165) is 0 Å². The Morgan fingerprint density at radius 1 is 1.38 bits per heavy atom. The number of benzene rings is 1. The van der Waals surface area contributed by atoms with Crippen LogP contribution in [0.4, 0.5) is 0 Å². The van der Waals surface area contributed by atoms with Crippen LogP contribution in [0.15, 0.2) is 33.6 Å². The van der Waals surface area contributed by atoms with E-state index < -0.39 is 11.0 Å². The zero-order valence-electron chi connectivity index (χ0n) is 6.89. The van der Waals surface area contributed by atoms with E-state index in [1.165, 1.54) is 13.2 Å². The van der Waals surface area contributed by atoms with E-state index in [2.05, 4.69) is 4.40 Å². The lowest BCUT2D eigenvalue weighted by molar-refractivity contribution is 0.414. The normalized spacial score (nSPS) is 11.5. The summed E-state index contributed by atoms with van der Waals surface area (Å²) >= 11 is 0. The smallest absolute Gasteiger partial charge is 0.250 e. The molecule has 0 radical (unpaired) electrons. The molecule has 1 atom stereocenters. The van der Waals surface area contributed by atoms with E-state index in [1.807, 2.05) is 0 Å². The molecule has 1 rings (SSSR count). The second-order valence-electron chi connectivity index (χ2n) is 2.11. The van der Waals surface area contributed by atoms with Gasteiger partial charge in [0.2, 0.25) is 6.08 Å². The highest BCUT2D eigenvalue weighted by Gasteiger charge is 2.00. The summed E-state index contributed by atoms with van der Waals surface area (Å²) < 4.78 is 19.1. The fourth-order valence-electron chi connectivity index (χ4n) is 0.779. The van der Waals surface area contributed by atoms with E-state index in [4.69, 9.17) is 4.74 Å². The van der Waals surface area contributed by atoms with Crippen molar-refractivity contribution in [3.05, 3.63) is 24.3 Å². The maximum absolute atomic E-state index is 11.1. The van der Waals surface area contributed by atoms with Crippen LogP contribution >= 0.6 is 0 Å². The van der Waals surface area contributed by atoms with Crippen molar-refractivity contribution in [2.75, 3.05) is 7.11 Å². The molecule has 0 saturated carbocycles. The van der Waals surface area contributed by atoms with Crippen molar-refractivity contribution < 1.29 is 13.7 Å². The largest absolute Gasteiger partial charge is 0.497 e. The molecule has 5 heteroatoms. The van der Waals surface area contributed by atoms with Gasteiger partial charge in [-0.05, 0) is 24.3 Å². The van der Waals surface area contributed by atoms with Gasteiger partial charge < -0.3 is 4.74 Å². The summed E-state index contributed by atoms with van der Waals surface area (Å²) in [6, 6.07) is 6.45. The zero-order chi connectivity index (χ0) is 9.68. The van der Waals surface area contributed by atoms with Gasteiger partial charge in [-0.3, -0.25) is 0 Å². The molecule has 1 aromatic rings. The third-order valence-corrected chi connectivity index (χ3v) is 2.30. The van der Waals surface area contributed by atoms with Gasteiger partial charge in [-0.25, -0.2) is 9.00 Å². The van der Waals surface area contributed by atoms with Crippen LogP contribution in [-0.4, -0.2) is 17.4 Å². The summed E-state index contributed by atoms with van der Waals surface area (Å²) in [5.74, 6) is 0.663. The van der Waals surface area contributed by atoms with E-state index in [0.29, 0.717) is 10.6 Å².